The van der Waals surface area contributed by atoms with E-state index in [-0.39, 0.29) is 16.5 Å². The summed E-state index contributed by atoms with van der Waals surface area (Å²) in [5.41, 5.74) is -0.360. The molecule has 12 heavy (non-hydrogen) atoms. The van der Waals surface area contributed by atoms with Crippen molar-refractivity contribution in [3.05, 3.63) is 17.0 Å². The minimum absolute atomic E-state index is 0.0602. The van der Waals surface area contributed by atoms with Gasteiger partial charge in [-0.3, -0.25) is 0 Å². The standard InChI is InChI=1S/C6H6ClF2N3/c1-10-6-3(5(8)9)4(7)11-2-12-6/h2,5H,1H3,(H,10,11,12). The molecule has 0 bridgehead atoms. The zero-order valence-electron chi connectivity index (χ0n) is 6.18. The molecule has 0 amide bonds. The molecule has 0 atom stereocenters. The first-order valence-electron chi connectivity index (χ1n) is 3.13. The highest BCUT2D eigenvalue weighted by Gasteiger charge is 2.18. The van der Waals surface area contributed by atoms with Crippen molar-refractivity contribution in [1.29, 1.82) is 0 Å². The first kappa shape index (κ1) is 9.12. The summed E-state index contributed by atoms with van der Waals surface area (Å²) in [4.78, 5) is 7.04. The Balaban J connectivity index is 3.20. The largest absolute Gasteiger partial charge is 0.373 e. The van der Waals surface area contributed by atoms with Gasteiger partial charge in [0.1, 0.15) is 17.3 Å². The van der Waals surface area contributed by atoms with Crippen LogP contribution < -0.4 is 5.32 Å². The third kappa shape index (κ3) is 1.61. The van der Waals surface area contributed by atoms with E-state index in [1.54, 1.807) is 0 Å². The molecule has 0 saturated carbocycles. The van der Waals surface area contributed by atoms with Crippen molar-refractivity contribution < 1.29 is 8.78 Å². The molecule has 1 aromatic rings. The number of aromatic nitrogens is 2. The fraction of sp³-hybridized carbons (Fsp3) is 0.333. The molecule has 0 aliphatic carbocycles. The molecule has 0 aliphatic rings. The predicted octanol–water partition coefficient (Wildman–Crippen LogP) is 2.11. The highest BCUT2D eigenvalue weighted by atomic mass is 35.5. The zero-order valence-corrected chi connectivity index (χ0v) is 6.94. The molecule has 0 saturated heterocycles. The maximum absolute atomic E-state index is 12.3. The smallest absolute Gasteiger partial charge is 0.270 e. The Hall–Kier alpha value is -0.970. The van der Waals surface area contributed by atoms with E-state index >= 15 is 0 Å². The first-order chi connectivity index (χ1) is 5.66. The summed E-state index contributed by atoms with van der Waals surface area (Å²) in [6.45, 7) is 0. The summed E-state index contributed by atoms with van der Waals surface area (Å²) in [6.07, 6.45) is -1.54. The van der Waals surface area contributed by atoms with Gasteiger partial charge >= 0.3 is 0 Å². The Morgan fingerprint density at radius 3 is 2.58 bits per heavy atom. The Labute approximate surface area is 72.8 Å². The fourth-order valence-electron chi connectivity index (χ4n) is 0.767. The number of nitrogens with zero attached hydrogens (tertiary/aromatic N) is 2. The molecule has 0 spiro atoms. The van der Waals surface area contributed by atoms with Crippen molar-refractivity contribution in [2.24, 2.45) is 0 Å². The van der Waals surface area contributed by atoms with Crippen LogP contribution in [0.3, 0.4) is 0 Å². The van der Waals surface area contributed by atoms with Crippen LogP contribution in [-0.2, 0) is 0 Å². The fourth-order valence-corrected chi connectivity index (χ4v) is 0.982. The molecule has 1 rings (SSSR count). The second kappa shape index (κ2) is 3.62. The maximum atomic E-state index is 12.3. The van der Waals surface area contributed by atoms with Crippen LogP contribution in [0.1, 0.15) is 12.0 Å². The number of nitrogens with one attached hydrogen (secondary N) is 1. The average Bonchev–Trinajstić information content (AvgIpc) is 2.03. The third-order valence-electron chi connectivity index (χ3n) is 1.29. The Kier molecular flexibility index (Phi) is 2.75. The van der Waals surface area contributed by atoms with Crippen LogP contribution in [0.2, 0.25) is 5.15 Å². The SMILES string of the molecule is CNc1ncnc(Cl)c1C(F)F. The van der Waals surface area contributed by atoms with Gasteiger partial charge in [0.15, 0.2) is 0 Å². The third-order valence-corrected chi connectivity index (χ3v) is 1.59. The monoisotopic (exact) mass is 193 g/mol. The van der Waals surface area contributed by atoms with Crippen LogP contribution >= 0.6 is 11.6 Å². The van der Waals surface area contributed by atoms with Crippen molar-refractivity contribution in [2.75, 3.05) is 12.4 Å². The van der Waals surface area contributed by atoms with Crippen molar-refractivity contribution in [3.8, 4) is 0 Å². The van der Waals surface area contributed by atoms with Gasteiger partial charge in [-0.1, -0.05) is 11.6 Å². The van der Waals surface area contributed by atoms with Crippen LogP contribution in [-0.4, -0.2) is 17.0 Å². The molecule has 0 aromatic carbocycles. The van der Waals surface area contributed by atoms with Crippen molar-refractivity contribution >= 4 is 17.4 Å². The first-order valence-corrected chi connectivity index (χ1v) is 3.51. The van der Waals surface area contributed by atoms with E-state index in [4.69, 9.17) is 11.6 Å². The van der Waals surface area contributed by atoms with Crippen molar-refractivity contribution in [1.82, 2.24) is 9.97 Å². The molecule has 0 unspecified atom stereocenters. The lowest BCUT2D eigenvalue weighted by molar-refractivity contribution is 0.151. The normalized spacial score (nSPS) is 10.4. The molecule has 3 nitrogen and oxygen atoms in total. The lowest BCUT2D eigenvalue weighted by Gasteiger charge is -2.06. The van der Waals surface area contributed by atoms with E-state index in [2.05, 4.69) is 15.3 Å². The van der Waals surface area contributed by atoms with Crippen LogP contribution in [0, 0.1) is 0 Å². The van der Waals surface area contributed by atoms with Gasteiger partial charge in [-0.05, 0) is 0 Å². The molecule has 0 aliphatic heterocycles. The summed E-state index contributed by atoms with van der Waals surface area (Å²) < 4.78 is 24.5. The van der Waals surface area contributed by atoms with Crippen LogP contribution in [0.4, 0.5) is 14.6 Å². The van der Waals surface area contributed by atoms with E-state index in [1.165, 1.54) is 7.05 Å². The second-order valence-corrected chi connectivity index (χ2v) is 2.34. The highest BCUT2D eigenvalue weighted by Crippen LogP contribution is 2.29. The molecule has 66 valence electrons. The summed E-state index contributed by atoms with van der Waals surface area (Å²) in [6, 6.07) is 0. The van der Waals surface area contributed by atoms with Crippen LogP contribution in [0.25, 0.3) is 0 Å². The molecular weight excluding hydrogens is 188 g/mol. The van der Waals surface area contributed by atoms with Crippen LogP contribution in [0.15, 0.2) is 6.33 Å². The zero-order chi connectivity index (χ0) is 9.14. The molecule has 1 aromatic heterocycles. The highest BCUT2D eigenvalue weighted by molar-refractivity contribution is 6.30. The van der Waals surface area contributed by atoms with Gasteiger partial charge in [-0.25, -0.2) is 18.7 Å². The molecule has 0 fully saturated rings. The molecule has 6 heteroatoms. The summed E-state index contributed by atoms with van der Waals surface area (Å²) in [7, 11) is 1.49. The number of rotatable bonds is 2. The van der Waals surface area contributed by atoms with E-state index in [1.807, 2.05) is 0 Å². The van der Waals surface area contributed by atoms with Crippen molar-refractivity contribution in [2.45, 2.75) is 6.43 Å². The summed E-state index contributed by atoms with van der Waals surface area (Å²) in [5.74, 6) is 0.0602. The van der Waals surface area contributed by atoms with E-state index < -0.39 is 6.43 Å². The average molecular weight is 194 g/mol. The van der Waals surface area contributed by atoms with Gasteiger partial charge in [0, 0.05) is 7.05 Å². The van der Waals surface area contributed by atoms with Crippen LogP contribution in [0.5, 0.6) is 0 Å². The van der Waals surface area contributed by atoms with Gasteiger partial charge in [-0.15, -0.1) is 0 Å². The van der Waals surface area contributed by atoms with Crippen molar-refractivity contribution in [3.63, 3.8) is 0 Å². The molecule has 0 radical (unpaired) electrons. The number of hydrogen-bond acceptors (Lipinski definition) is 3. The van der Waals surface area contributed by atoms with Gasteiger partial charge in [-0.2, -0.15) is 0 Å². The van der Waals surface area contributed by atoms with E-state index in [9.17, 15) is 8.78 Å². The summed E-state index contributed by atoms with van der Waals surface area (Å²) in [5, 5.41) is 2.28. The number of alkyl halides is 2. The second-order valence-electron chi connectivity index (χ2n) is 1.98. The molecule has 1 heterocycles. The van der Waals surface area contributed by atoms with E-state index in [0.29, 0.717) is 0 Å². The Morgan fingerprint density at radius 2 is 2.17 bits per heavy atom. The van der Waals surface area contributed by atoms with Gasteiger partial charge in [0.05, 0.1) is 5.56 Å². The maximum Gasteiger partial charge on any atom is 0.270 e. The van der Waals surface area contributed by atoms with Gasteiger partial charge < -0.3 is 5.32 Å². The predicted molar refractivity (Wildman–Crippen MR) is 41.5 cm³/mol. The molecular formula is C6H6ClF2N3. The minimum Gasteiger partial charge on any atom is -0.373 e. The quantitative estimate of drug-likeness (QED) is 0.731. The Morgan fingerprint density at radius 1 is 1.50 bits per heavy atom. The van der Waals surface area contributed by atoms with E-state index in [0.717, 1.165) is 6.33 Å². The lowest BCUT2D eigenvalue weighted by atomic mass is 10.3. The number of hydrogen-bond donors (Lipinski definition) is 1. The lowest BCUT2D eigenvalue weighted by Crippen LogP contribution is -2.01. The Bertz CT molecular complexity index is 279. The topological polar surface area (TPSA) is 37.8 Å². The number of anilines is 1. The van der Waals surface area contributed by atoms with Gasteiger partial charge in [0.25, 0.3) is 6.43 Å². The molecule has 1 N–H and O–H groups in total. The number of halogens is 3. The minimum atomic E-state index is -2.67. The summed E-state index contributed by atoms with van der Waals surface area (Å²) >= 11 is 5.43. The van der Waals surface area contributed by atoms with Gasteiger partial charge in [0.2, 0.25) is 0 Å².